The Hall–Kier alpha value is -3.71. The van der Waals surface area contributed by atoms with Crippen molar-refractivity contribution in [2.75, 3.05) is 11.9 Å². The highest BCUT2D eigenvalue weighted by Gasteiger charge is 2.20. The van der Waals surface area contributed by atoms with Crippen LogP contribution in [0.15, 0.2) is 76.5 Å². The molecule has 7 heteroatoms. The lowest BCUT2D eigenvalue weighted by Gasteiger charge is -2.17. The fourth-order valence-electron chi connectivity index (χ4n) is 3.10. The van der Waals surface area contributed by atoms with Crippen LogP contribution in [0.5, 0.6) is 0 Å². The van der Waals surface area contributed by atoms with Gasteiger partial charge in [-0.25, -0.2) is 9.18 Å². The molecule has 0 aliphatic rings. The van der Waals surface area contributed by atoms with Crippen molar-refractivity contribution in [3.63, 3.8) is 0 Å². The molecule has 1 amide bonds. The van der Waals surface area contributed by atoms with Crippen molar-refractivity contribution in [2.24, 2.45) is 0 Å². The number of aliphatic hydroxyl groups is 1. The lowest BCUT2D eigenvalue weighted by Crippen LogP contribution is -2.25. The minimum Gasteiger partial charge on any atom is -0.508 e. The van der Waals surface area contributed by atoms with Gasteiger partial charge < -0.3 is 14.4 Å². The van der Waals surface area contributed by atoms with Crippen LogP contribution in [0.4, 0.5) is 9.39 Å². The van der Waals surface area contributed by atoms with Crippen molar-refractivity contribution >= 4 is 38.3 Å². The average molecular weight is 421 g/mol. The van der Waals surface area contributed by atoms with E-state index >= 15 is 0 Å². The first-order chi connectivity index (χ1) is 14.3. The Morgan fingerprint density at radius 3 is 2.50 bits per heavy atom. The van der Waals surface area contributed by atoms with Crippen molar-refractivity contribution in [3.8, 4) is 11.1 Å². The lowest BCUT2D eigenvalue weighted by molar-refractivity contribution is 0.0994. The van der Waals surface area contributed by atoms with E-state index in [-0.39, 0.29) is 23.0 Å². The van der Waals surface area contributed by atoms with Crippen LogP contribution in [0.2, 0.25) is 0 Å². The Labute approximate surface area is 174 Å². The Morgan fingerprint density at radius 2 is 1.80 bits per heavy atom. The zero-order chi connectivity index (χ0) is 21.4. The van der Waals surface area contributed by atoms with E-state index < -0.39 is 5.63 Å². The van der Waals surface area contributed by atoms with Crippen molar-refractivity contribution in [1.29, 1.82) is 0 Å². The average Bonchev–Trinajstić information content (AvgIpc) is 3.15. The van der Waals surface area contributed by atoms with E-state index in [1.54, 1.807) is 43.4 Å². The maximum atomic E-state index is 13.3. The third-order valence-electron chi connectivity index (χ3n) is 4.67. The minimum atomic E-state index is -0.699. The van der Waals surface area contributed by atoms with Gasteiger partial charge in [-0.05, 0) is 35.4 Å². The molecule has 0 fully saturated rings. The highest BCUT2D eigenvalue weighted by atomic mass is 32.1. The van der Waals surface area contributed by atoms with Crippen LogP contribution >= 0.6 is 11.3 Å². The van der Waals surface area contributed by atoms with Gasteiger partial charge in [0.15, 0.2) is 5.58 Å². The molecule has 150 valence electrons. The second kappa shape index (κ2) is 7.61. The third-order valence-corrected chi connectivity index (χ3v) is 5.81. The number of carbonyl (C=O) groups excluding carboxylic acids is 1. The summed E-state index contributed by atoms with van der Waals surface area (Å²) in [6.45, 7) is 3.36. The van der Waals surface area contributed by atoms with E-state index in [2.05, 4.69) is 6.58 Å². The number of fused-ring (bicyclic) bond motifs is 1. The molecule has 0 bridgehead atoms. The second-order valence-corrected chi connectivity index (χ2v) is 7.69. The molecule has 2 aromatic carbocycles. The van der Waals surface area contributed by atoms with Gasteiger partial charge in [-0.3, -0.25) is 4.79 Å². The molecule has 0 spiro atoms. The van der Waals surface area contributed by atoms with Crippen molar-refractivity contribution in [1.82, 2.24) is 0 Å². The smallest absolute Gasteiger partial charge is 0.347 e. The topological polar surface area (TPSA) is 70.8 Å². The molecule has 5 nitrogen and oxygen atoms in total. The summed E-state index contributed by atoms with van der Waals surface area (Å²) in [7, 11) is 1.62. The summed E-state index contributed by atoms with van der Waals surface area (Å²) in [6.07, 6.45) is 0. The molecule has 0 unspecified atom stereocenters. The normalized spacial score (nSPS) is 10.9. The molecule has 0 atom stereocenters. The molecule has 2 heterocycles. The molecule has 30 heavy (non-hydrogen) atoms. The standard InChI is InChI=1S/C23H16FNO4S/c1-13(26)18-11-20-19(29-23(18)28)12-21(30-20)25(2)22(27)17-6-4-3-5-16(17)14-7-9-15(24)10-8-14/h3-12,26H,1H2,2H3. The number of hydrogen-bond acceptors (Lipinski definition) is 5. The number of nitrogens with zero attached hydrogens (tertiary/aromatic N) is 1. The van der Waals surface area contributed by atoms with E-state index in [0.717, 1.165) is 5.56 Å². The number of anilines is 1. The Balaban J connectivity index is 1.73. The SMILES string of the molecule is C=C(O)c1cc2sc(N(C)C(=O)c3ccccc3-c3ccc(F)cc3)cc2oc1=O. The first kappa shape index (κ1) is 19.6. The van der Waals surface area contributed by atoms with Crippen molar-refractivity contribution < 1.29 is 18.7 Å². The zero-order valence-corrected chi connectivity index (χ0v) is 16.7. The fraction of sp³-hybridized carbons (Fsp3) is 0.0435. The third kappa shape index (κ3) is 3.51. The van der Waals surface area contributed by atoms with Crippen LogP contribution in [0.1, 0.15) is 15.9 Å². The summed E-state index contributed by atoms with van der Waals surface area (Å²) in [5.41, 5.74) is 1.45. The molecule has 2 aromatic heterocycles. The molecule has 0 radical (unpaired) electrons. The van der Waals surface area contributed by atoms with Gasteiger partial charge in [0.1, 0.15) is 22.1 Å². The maximum Gasteiger partial charge on any atom is 0.347 e. The van der Waals surface area contributed by atoms with Crippen molar-refractivity contribution in [2.45, 2.75) is 0 Å². The quantitative estimate of drug-likeness (QED) is 0.444. The van der Waals surface area contributed by atoms with Crippen LogP contribution in [0.3, 0.4) is 0 Å². The molecule has 1 N–H and O–H groups in total. The molecule has 0 aliphatic heterocycles. The van der Waals surface area contributed by atoms with Crippen LogP contribution in [0.25, 0.3) is 27.2 Å². The van der Waals surface area contributed by atoms with Crippen molar-refractivity contribution in [3.05, 3.63) is 94.6 Å². The van der Waals surface area contributed by atoms with Gasteiger partial charge in [0.25, 0.3) is 5.91 Å². The van der Waals surface area contributed by atoms with E-state index in [0.29, 0.717) is 26.4 Å². The summed E-state index contributed by atoms with van der Waals surface area (Å²) < 4.78 is 19.1. The zero-order valence-electron chi connectivity index (χ0n) is 15.9. The monoisotopic (exact) mass is 421 g/mol. The largest absolute Gasteiger partial charge is 0.508 e. The second-order valence-electron chi connectivity index (χ2n) is 6.62. The van der Waals surface area contributed by atoms with Crippen LogP contribution < -0.4 is 10.5 Å². The molecule has 4 aromatic rings. The molecular weight excluding hydrogens is 405 g/mol. The number of amides is 1. The van der Waals surface area contributed by atoms with E-state index in [1.165, 1.54) is 34.4 Å². The van der Waals surface area contributed by atoms with Crippen LogP contribution in [-0.2, 0) is 0 Å². The molecule has 0 saturated heterocycles. The van der Waals surface area contributed by atoms with Gasteiger partial charge in [-0.2, -0.15) is 0 Å². The van der Waals surface area contributed by atoms with Crippen LogP contribution in [-0.4, -0.2) is 18.1 Å². The fourth-order valence-corrected chi connectivity index (χ4v) is 4.09. The first-order valence-corrected chi connectivity index (χ1v) is 9.76. The predicted octanol–water partition coefficient (Wildman–Crippen LogP) is 5.47. The Morgan fingerprint density at radius 1 is 1.10 bits per heavy atom. The highest BCUT2D eigenvalue weighted by molar-refractivity contribution is 7.22. The van der Waals surface area contributed by atoms with Gasteiger partial charge >= 0.3 is 5.63 Å². The van der Waals surface area contributed by atoms with Gasteiger partial charge in [-0.1, -0.05) is 36.9 Å². The molecule has 0 aliphatic carbocycles. The number of hydrogen-bond donors (Lipinski definition) is 1. The molecular formula is C23H16FNO4S. The van der Waals surface area contributed by atoms with Crippen LogP contribution in [0, 0.1) is 5.82 Å². The predicted molar refractivity (Wildman–Crippen MR) is 117 cm³/mol. The minimum absolute atomic E-state index is 0.0217. The maximum absolute atomic E-state index is 13.3. The molecule has 4 rings (SSSR count). The number of rotatable bonds is 4. The number of thiophene rings is 1. The summed E-state index contributed by atoms with van der Waals surface area (Å²) in [6, 6.07) is 16.1. The first-order valence-electron chi connectivity index (χ1n) is 8.94. The summed E-state index contributed by atoms with van der Waals surface area (Å²) >= 11 is 1.24. The van der Waals surface area contributed by atoms with Gasteiger partial charge in [-0.15, -0.1) is 11.3 Å². The summed E-state index contributed by atoms with van der Waals surface area (Å²) in [4.78, 5) is 26.6. The molecule has 0 saturated carbocycles. The van der Waals surface area contributed by atoms with Gasteiger partial charge in [0.2, 0.25) is 0 Å². The summed E-state index contributed by atoms with van der Waals surface area (Å²) in [5, 5.41) is 10.1. The Kier molecular flexibility index (Phi) is 4.97. The van der Waals surface area contributed by atoms with E-state index in [9.17, 15) is 19.1 Å². The number of benzene rings is 2. The number of aliphatic hydroxyl groups excluding tert-OH is 1. The Bertz CT molecular complexity index is 1340. The summed E-state index contributed by atoms with van der Waals surface area (Å²) in [5.74, 6) is -0.995. The number of carbonyl (C=O) groups is 1. The van der Waals surface area contributed by atoms with E-state index in [4.69, 9.17) is 4.42 Å². The van der Waals surface area contributed by atoms with Gasteiger partial charge in [0, 0.05) is 18.7 Å². The lowest BCUT2D eigenvalue weighted by atomic mass is 9.99. The van der Waals surface area contributed by atoms with E-state index in [1.807, 2.05) is 6.07 Å². The number of halogens is 1. The van der Waals surface area contributed by atoms with Gasteiger partial charge in [0.05, 0.1) is 4.70 Å². The highest BCUT2D eigenvalue weighted by Crippen LogP contribution is 2.34.